The summed E-state index contributed by atoms with van der Waals surface area (Å²) in [6.07, 6.45) is 20.6. The van der Waals surface area contributed by atoms with Crippen molar-refractivity contribution in [2.75, 3.05) is 37.0 Å². The minimum atomic E-state index is 0.512. The molecule has 0 aliphatic carbocycles. The highest BCUT2D eigenvalue weighted by Crippen LogP contribution is 2.46. The molecule has 0 aromatic carbocycles. The van der Waals surface area contributed by atoms with Gasteiger partial charge in [0.05, 0.1) is 0 Å². The van der Waals surface area contributed by atoms with Crippen LogP contribution in [-0.4, -0.2) is 37.0 Å². The molecule has 0 unspecified atom stereocenters. The van der Waals surface area contributed by atoms with E-state index in [4.69, 9.17) is 0 Å². The Balaban J connectivity index is 1.53. The Morgan fingerprint density at radius 2 is 0.933 bits per heavy atom. The van der Waals surface area contributed by atoms with Crippen LogP contribution < -0.4 is 0 Å². The number of hydrogen-bond donors (Lipinski definition) is 0. The van der Waals surface area contributed by atoms with Gasteiger partial charge in [0, 0.05) is 0 Å². The first-order valence-electron chi connectivity index (χ1n) is 6.90. The summed E-state index contributed by atoms with van der Waals surface area (Å²) in [6, 6.07) is 0. The van der Waals surface area contributed by atoms with Crippen molar-refractivity contribution in [2.45, 2.75) is 44.9 Å². The molecule has 0 aromatic heterocycles. The molecule has 0 radical (unpaired) electrons. The van der Waals surface area contributed by atoms with Gasteiger partial charge < -0.3 is 0 Å². The van der Waals surface area contributed by atoms with E-state index in [0.29, 0.717) is 15.8 Å². The van der Waals surface area contributed by atoms with Crippen LogP contribution in [0.2, 0.25) is 0 Å². The standard InChI is InChI=1S/C13H26P2/c1-3-8-14(9-4-1)12-7-13-15-10-5-2-6-11-15/h1-13H2. The first-order chi connectivity index (χ1) is 7.45. The molecule has 2 heteroatoms. The van der Waals surface area contributed by atoms with Crippen LogP contribution in [0.25, 0.3) is 0 Å². The van der Waals surface area contributed by atoms with Crippen LogP contribution in [0.4, 0.5) is 0 Å². The Labute approximate surface area is 98.1 Å². The molecule has 2 rings (SSSR count). The molecular weight excluding hydrogens is 218 g/mol. The SMILES string of the molecule is C1CCP(CCCP2CCCCC2)CC1. The maximum absolute atomic E-state index is 1.63. The summed E-state index contributed by atoms with van der Waals surface area (Å²) >= 11 is 0. The van der Waals surface area contributed by atoms with Crippen LogP contribution in [-0.2, 0) is 0 Å². The zero-order valence-corrected chi connectivity index (χ0v) is 11.9. The Morgan fingerprint density at radius 3 is 1.33 bits per heavy atom. The van der Waals surface area contributed by atoms with Gasteiger partial charge in [-0.15, -0.1) is 15.8 Å². The van der Waals surface area contributed by atoms with Crippen molar-refractivity contribution in [3.63, 3.8) is 0 Å². The fourth-order valence-corrected chi connectivity index (χ4v) is 8.37. The summed E-state index contributed by atoms with van der Waals surface area (Å²) in [6.45, 7) is 0. The van der Waals surface area contributed by atoms with E-state index in [0.717, 1.165) is 0 Å². The molecule has 2 fully saturated rings. The molecule has 0 spiro atoms. The van der Waals surface area contributed by atoms with E-state index in [1.54, 1.807) is 69.1 Å². The predicted octanol–water partition coefficient (Wildman–Crippen LogP) is 4.71. The third-order valence-electron chi connectivity index (χ3n) is 3.85. The molecule has 2 aliphatic heterocycles. The molecule has 0 aromatic rings. The summed E-state index contributed by atoms with van der Waals surface area (Å²) in [7, 11) is 1.02. The predicted molar refractivity (Wildman–Crippen MR) is 75.4 cm³/mol. The molecule has 2 saturated heterocycles. The van der Waals surface area contributed by atoms with Gasteiger partial charge in [-0.25, -0.2) is 0 Å². The number of hydrogen-bond acceptors (Lipinski definition) is 0. The highest BCUT2D eigenvalue weighted by molar-refractivity contribution is 7.58. The number of rotatable bonds is 4. The lowest BCUT2D eigenvalue weighted by Gasteiger charge is -2.25. The lowest BCUT2D eigenvalue weighted by Crippen LogP contribution is -2.05. The van der Waals surface area contributed by atoms with E-state index < -0.39 is 0 Å². The molecule has 0 amide bonds. The van der Waals surface area contributed by atoms with Gasteiger partial charge in [-0.3, -0.25) is 0 Å². The van der Waals surface area contributed by atoms with E-state index in [9.17, 15) is 0 Å². The van der Waals surface area contributed by atoms with E-state index >= 15 is 0 Å². The molecule has 0 saturated carbocycles. The molecule has 15 heavy (non-hydrogen) atoms. The zero-order chi connectivity index (χ0) is 10.3. The molecule has 2 heterocycles. The van der Waals surface area contributed by atoms with E-state index in [2.05, 4.69) is 0 Å². The lowest BCUT2D eigenvalue weighted by molar-refractivity contribution is 0.746. The molecule has 2 aliphatic rings. The second-order valence-corrected chi connectivity index (χ2v) is 10.5. The summed E-state index contributed by atoms with van der Waals surface area (Å²) in [5.41, 5.74) is 0. The van der Waals surface area contributed by atoms with Crippen LogP contribution in [0.5, 0.6) is 0 Å². The van der Waals surface area contributed by atoms with E-state index in [1.165, 1.54) is 12.8 Å². The summed E-state index contributed by atoms with van der Waals surface area (Å²) < 4.78 is 0. The maximum Gasteiger partial charge on any atom is -0.0323 e. The summed E-state index contributed by atoms with van der Waals surface area (Å²) in [4.78, 5) is 0. The van der Waals surface area contributed by atoms with Gasteiger partial charge in [0.15, 0.2) is 0 Å². The van der Waals surface area contributed by atoms with Crippen molar-refractivity contribution in [1.29, 1.82) is 0 Å². The summed E-state index contributed by atoms with van der Waals surface area (Å²) in [5.74, 6) is 0. The fraction of sp³-hybridized carbons (Fsp3) is 1.00. The minimum absolute atomic E-state index is 0.512. The van der Waals surface area contributed by atoms with Gasteiger partial charge in [-0.1, -0.05) is 12.8 Å². The van der Waals surface area contributed by atoms with Crippen molar-refractivity contribution < 1.29 is 0 Å². The van der Waals surface area contributed by atoms with Crippen LogP contribution >= 0.6 is 15.8 Å². The molecule has 88 valence electrons. The first-order valence-corrected chi connectivity index (χ1v) is 10.7. The molecule has 0 N–H and O–H groups in total. The molecule has 0 bridgehead atoms. The third-order valence-corrected chi connectivity index (χ3v) is 9.54. The molecule has 0 atom stereocenters. The van der Waals surface area contributed by atoms with Gasteiger partial charge in [-0.05, 0) is 69.1 Å². The Hall–Kier alpha value is 0.860. The highest BCUT2D eigenvalue weighted by atomic mass is 31.1. The third kappa shape index (κ3) is 4.70. The minimum Gasteiger partial charge on any atom is -0.107 e. The maximum atomic E-state index is 1.63. The second-order valence-electron chi connectivity index (χ2n) is 5.16. The normalized spacial score (nSPS) is 25.6. The first kappa shape index (κ1) is 12.3. The smallest absolute Gasteiger partial charge is 0.0323 e. The Bertz CT molecular complexity index is 140. The van der Waals surface area contributed by atoms with Crippen molar-refractivity contribution in [3.05, 3.63) is 0 Å². The van der Waals surface area contributed by atoms with Crippen LogP contribution in [0.1, 0.15) is 44.9 Å². The topological polar surface area (TPSA) is 0 Å². The average molecular weight is 244 g/mol. The summed E-state index contributed by atoms with van der Waals surface area (Å²) in [5, 5.41) is 0. The quantitative estimate of drug-likeness (QED) is 0.628. The van der Waals surface area contributed by atoms with Gasteiger partial charge >= 0.3 is 0 Å². The van der Waals surface area contributed by atoms with Gasteiger partial charge in [0.25, 0.3) is 0 Å². The van der Waals surface area contributed by atoms with Gasteiger partial charge in [0.2, 0.25) is 0 Å². The average Bonchev–Trinajstić information content (AvgIpc) is 2.32. The van der Waals surface area contributed by atoms with Crippen LogP contribution in [0.15, 0.2) is 0 Å². The van der Waals surface area contributed by atoms with Crippen LogP contribution in [0.3, 0.4) is 0 Å². The van der Waals surface area contributed by atoms with Crippen molar-refractivity contribution in [1.82, 2.24) is 0 Å². The van der Waals surface area contributed by atoms with Crippen molar-refractivity contribution >= 4 is 15.8 Å². The monoisotopic (exact) mass is 244 g/mol. The van der Waals surface area contributed by atoms with Crippen molar-refractivity contribution in [2.24, 2.45) is 0 Å². The van der Waals surface area contributed by atoms with Crippen LogP contribution in [0, 0.1) is 0 Å². The van der Waals surface area contributed by atoms with Crippen molar-refractivity contribution in [3.8, 4) is 0 Å². The Morgan fingerprint density at radius 1 is 0.533 bits per heavy atom. The highest BCUT2D eigenvalue weighted by Gasteiger charge is 2.15. The zero-order valence-electron chi connectivity index (χ0n) is 10.1. The van der Waals surface area contributed by atoms with Gasteiger partial charge in [0.1, 0.15) is 0 Å². The molecular formula is C13H26P2. The van der Waals surface area contributed by atoms with E-state index in [1.807, 2.05) is 0 Å². The fourth-order valence-electron chi connectivity index (χ4n) is 2.88. The lowest BCUT2D eigenvalue weighted by atomic mass is 10.3. The Kier molecular flexibility index (Phi) is 5.94. The largest absolute Gasteiger partial charge is 0.107 e. The van der Waals surface area contributed by atoms with Gasteiger partial charge in [-0.2, -0.15) is 0 Å². The molecule has 0 nitrogen and oxygen atoms in total. The second kappa shape index (κ2) is 7.24. The van der Waals surface area contributed by atoms with E-state index in [-0.39, 0.29) is 0 Å².